The maximum Gasteiger partial charge on any atom is 0.274 e. The van der Waals surface area contributed by atoms with Crippen molar-refractivity contribution in [1.29, 1.82) is 0 Å². The molecule has 31 heavy (non-hydrogen) atoms. The summed E-state index contributed by atoms with van der Waals surface area (Å²) in [6.07, 6.45) is 3.34. The van der Waals surface area contributed by atoms with E-state index in [9.17, 15) is 9.59 Å². The first-order valence-corrected chi connectivity index (χ1v) is 10.1. The lowest BCUT2D eigenvalue weighted by atomic mass is 9.93. The maximum absolute atomic E-state index is 13.3. The highest BCUT2D eigenvalue weighted by Gasteiger charge is 2.28. The van der Waals surface area contributed by atoms with Crippen molar-refractivity contribution in [3.63, 3.8) is 0 Å². The Hall–Kier alpha value is -3.55. The van der Waals surface area contributed by atoms with Crippen LogP contribution in [0, 0.1) is 0 Å². The zero-order valence-electron chi connectivity index (χ0n) is 17.8. The van der Waals surface area contributed by atoms with Crippen molar-refractivity contribution in [3.8, 4) is 17.2 Å². The normalized spacial score (nSPS) is 16.2. The van der Waals surface area contributed by atoms with Gasteiger partial charge >= 0.3 is 0 Å². The van der Waals surface area contributed by atoms with Crippen LogP contribution in [0.25, 0.3) is 10.9 Å². The molecular weight excluding hydrogens is 398 g/mol. The van der Waals surface area contributed by atoms with E-state index >= 15 is 0 Å². The van der Waals surface area contributed by atoms with E-state index in [0.29, 0.717) is 41.4 Å². The number of hydrogen-bond donors (Lipinski definition) is 1. The van der Waals surface area contributed by atoms with Crippen LogP contribution in [0.3, 0.4) is 0 Å². The molecular formula is C23H25N3O5. The van der Waals surface area contributed by atoms with E-state index < -0.39 is 0 Å². The monoisotopic (exact) mass is 423 g/mol. The van der Waals surface area contributed by atoms with Gasteiger partial charge in [-0.05, 0) is 37.1 Å². The summed E-state index contributed by atoms with van der Waals surface area (Å²) in [5.41, 5.74) is 1.51. The van der Waals surface area contributed by atoms with Gasteiger partial charge < -0.3 is 24.1 Å². The van der Waals surface area contributed by atoms with Gasteiger partial charge in [0.15, 0.2) is 11.5 Å². The van der Waals surface area contributed by atoms with Gasteiger partial charge in [0.25, 0.3) is 11.5 Å². The minimum Gasteiger partial charge on any atom is -0.493 e. The third kappa shape index (κ3) is 3.93. The third-order valence-corrected chi connectivity index (χ3v) is 5.68. The van der Waals surface area contributed by atoms with E-state index in [4.69, 9.17) is 14.2 Å². The second-order valence-electron chi connectivity index (χ2n) is 7.50. The van der Waals surface area contributed by atoms with Gasteiger partial charge in [-0.15, -0.1) is 0 Å². The molecule has 0 spiro atoms. The van der Waals surface area contributed by atoms with Crippen molar-refractivity contribution in [3.05, 3.63) is 58.1 Å². The average molecular weight is 423 g/mol. The van der Waals surface area contributed by atoms with Crippen LogP contribution in [0.4, 0.5) is 0 Å². The van der Waals surface area contributed by atoms with Crippen LogP contribution in [0.1, 0.15) is 34.8 Å². The van der Waals surface area contributed by atoms with E-state index in [1.807, 2.05) is 18.2 Å². The van der Waals surface area contributed by atoms with Crippen LogP contribution < -0.4 is 19.8 Å². The van der Waals surface area contributed by atoms with E-state index in [0.717, 1.165) is 23.9 Å². The number of fused-ring (bicyclic) bond motifs is 1. The molecule has 1 N–H and O–H groups in total. The molecule has 0 aliphatic carbocycles. The number of amides is 1. The number of rotatable bonds is 5. The number of hydrogen-bond acceptors (Lipinski definition) is 6. The number of ether oxygens (including phenoxy) is 3. The Morgan fingerprint density at radius 1 is 1.13 bits per heavy atom. The highest BCUT2D eigenvalue weighted by atomic mass is 16.5. The Bertz CT molecular complexity index is 1150. The van der Waals surface area contributed by atoms with Crippen molar-refractivity contribution < 1.29 is 19.0 Å². The molecule has 8 heteroatoms. The Morgan fingerprint density at radius 2 is 1.87 bits per heavy atom. The topological polar surface area (TPSA) is 93.8 Å². The van der Waals surface area contributed by atoms with Crippen LogP contribution >= 0.6 is 0 Å². The number of aromatic nitrogens is 2. The molecule has 1 aliphatic heterocycles. The van der Waals surface area contributed by atoms with Gasteiger partial charge in [-0.2, -0.15) is 0 Å². The summed E-state index contributed by atoms with van der Waals surface area (Å²) in [5.74, 6) is 1.24. The minimum absolute atomic E-state index is 0.0389. The van der Waals surface area contributed by atoms with Gasteiger partial charge in [0.2, 0.25) is 5.75 Å². The molecule has 8 nitrogen and oxygen atoms in total. The lowest BCUT2D eigenvalue weighted by Gasteiger charge is -2.33. The van der Waals surface area contributed by atoms with Gasteiger partial charge in [-0.3, -0.25) is 14.6 Å². The lowest BCUT2D eigenvalue weighted by Crippen LogP contribution is -2.39. The minimum atomic E-state index is -0.207. The van der Waals surface area contributed by atoms with Crippen LogP contribution in [0.2, 0.25) is 0 Å². The van der Waals surface area contributed by atoms with Gasteiger partial charge in [0.05, 0.1) is 21.3 Å². The predicted molar refractivity (Wildman–Crippen MR) is 116 cm³/mol. The number of piperidine rings is 1. The number of nitrogens with zero attached hydrogens (tertiary/aromatic N) is 2. The first-order valence-electron chi connectivity index (χ1n) is 10.1. The Labute approximate surface area is 179 Å². The molecule has 3 heterocycles. The molecule has 1 amide bonds. The molecule has 1 aliphatic rings. The van der Waals surface area contributed by atoms with Gasteiger partial charge in [-0.1, -0.05) is 6.07 Å². The molecule has 1 atom stereocenters. The smallest absolute Gasteiger partial charge is 0.274 e. The summed E-state index contributed by atoms with van der Waals surface area (Å²) in [7, 11) is 4.57. The lowest BCUT2D eigenvalue weighted by molar-refractivity contribution is 0.0705. The van der Waals surface area contributed by atoms with Crippen molar-refractivity contribution in [2.45, 2.75) is 18.8 Å². The van der Waals surface area contributed by atoms with E-state index in [1.165, 1.54) is 21.3 Å². The highest BCUT2D eigenvalue weighted by molar-refractivity contribution is 5.95. The van der Waals surface area contributed by atoms with Crippen molar-refractivity contribution in [1.82, 2.24) is 14.9 Å². The van der Waals surface area contributed by atoms with Crippen LogP contribution in [0.5, 0.6) is 17.2 Å². The number of aromatic amines is 1. The van der Waals surface area contributed by atoms with Crippen LogP contribution in [-0.2, 0) is 0 Å². The molecule has 3 aromatic rings. The molecule has 0 radical (unpaired) electrons. The number of carbonyl (C=O) groups excluding carboxylic acids is 1. The molecule has 0 saturated carbocycles. The molecule has 1 unspecified atom stereocenters. The number of nitrogens with one attached hydrogen (secondary N) is 1. The second-order valence-corrected chi connectivity index (χ2v) is 7.50. The van der Waals surface area contributed by atoms with Crippen molar-refractivity contribution >= 4 is 16.8 Å². The predicted octanol–water partition coefficient (Wildman–Crippen LogP) is 2.97. The fourth-order valence-corrected chi connectivity index (χ4v) is 4.14. The number of likely N-dealkylation sites (tertiary alicyclic amines) is 1. The number of pyridine rings is 2. The number of carbonyl (C=O) groups is 1. The zero-order valence-corrected chi connectivity index (χ0v) is 17.8. The van der Waals surface area contributed by atoms with Crippen molar-refractivity contribution in [2.24, 2.45) is 0 Å². The fraction of sp³-hybridized carbons (Fsp3) is 0.348. The molecule has 1 saturated heterocycles. The average Bonchev–Trinajstić information content (AvgIpc) is 2.82. The molecule has 4 rings (SSSR count). The summed E-state index contributed by atoms with van der Waals surface area (Å²) in [6, 6.07) is 8.98. The Morgan fingerprint density at radius 3 is 2.55 bits per heavy atom. The second kappa shape index (κ2) is 8.67. The summed E-state index contributed by atoms with van der Waals surface area (Å²) < 4.78 is 16.1. The summed E-state index contributed by atoms with van der Waals surface area (Å²) >= 11 is 0. The molecule has 1 fully saturated rings. The molecule has 1 aromatic carbocycles. The molecule has 2 aromatic heterocycles. The van der Waals surface area contributed by atoms with Crippen molar-refractivity contribution in [2.75, 3.05) is 34.4 Å². The van der Waals surface area contributed by atoms with Crippen LogP contribution in [0.15, 0.2) is 41.3 Å². The van der Waals surface area contributed by atoms with E-state index in [-0.39, 0.29) is 17.4 Å². The Balaban J connectivity index is 1.62. The summed E-state index contributed by atoms with van der Waals surface area (Å²) in [5, 5.41) is 0.800. The SMILES string of the molecule is COc1cc(C(=O)N2CCCC(c3cc4cccnc4c(=O)[nH]3)C2)cc(OC)c1OC. The Kier molecular flexibility index (Phi) is 5.79. The standard InChI is InChI=1S/C23H25N3O5/c1-29-18-11-16(12-19(30-2)21(18)31-3)23(28)26-9-5-7-15(13-26)17-10-14-6-4-8-24-20(14)22(27)25-17/h4,6,8,10-12,15H,5,7,9,13H2,1-3H3,(H,25,27). The van der Waals surface area contributed by atoms with Gasteiger partial charge in [0.1, 0.15) is 5.52 Å². The third-order valence-electron chi connectivity index (χ3n) is 5.68. The summed E-state index contributed by atoms with van der Waals surface area (Å²) in [6.45, 7) is 1.16. The van der Waals surface area contributed by atoms with E-state index in [1.54, 1.807) is 23.2 Å². The fourth-order valence-electron chi connectivity index (χ4n) is 4.14. The number of methoxy groups -OCH3 is 3. The first-order chi connectivity index (χ1) is 15.0. The van der Waals surface area contributed by atoms with E-state index in [2.05, 4.69) is 9.97 Å². The summed E-state index contributed by atoms with van der Waals surface area (Å²) in [4.78, 5) is 34.6. The number of H-pyrrole nitrogens is 1. The largest absolute Gasteiger partial charge is 0.493 e. The zero-order chi connectivity index (χ0) is 22.0. The van der Waals surface area contributed by atoms with Gasteiger partial charge in [0, 0.05) is 41.8 Å². The highest BCUT2D eigenvalue weighted by Crippen LogP contribution is 2.39. The van der Waals surface area contributed by atoms with Gasteiger partial charge in [-0.25, -0.2) is 0 Å². The molecule has 162 valence electrons. The first kappa shape index (κ1) is 20.7. The quantitative estimate of drug-likeness (QED) is 0.678. The molecule has 0 bridgehead atoms. The maximum atomic E-state index is 13.3. The van der Waals surface area contributed by atoms with Crippen LogP contribution in [-0.4, -0.2) is 55.2 Å². The number of benzene rings is 1.